The molecular formula is C34H37F11O12. The Kier molecular flexibility index (Phi) is 18.9. The lowest BCUT2D eigenvalue weighted by Gasteiger charge is -2.38. The summed E-state index contributed by atoms with van der Waals surface area (Å²) in [5, 5.41) is 0. The van der Waals surface area contributed by atoms with Gasteiger partial charge >= 0.3 is 48.4 Å². The molecule has 0 radical (unpaired) electrons. The largest absolute Gasteiger partial charge is 0.488 e. The van der Waals surface area contributed by atoms with Gasteiger partial charge in [0.2, 0.25) is 17.1 Å². The number of hydrogen-bond acceptors (Lipinski definition) is 12. The minimum Gasteiger partial charge on any atom is -0.488 e. The number of rotatable bonds is 24. The topological polar surface area (TPSA) is 150 Å². The van der Waals surface area contributed by atoms with Crippen LogP contribution in [0.1, 0.15) is 13.8 Å². The van der Waals surface area contributed by atoms with Gasteiger partial charge in [-0.05, 0) is 13.8 Å². The maximum absolute atomic E-state index is 15.3. The van der Waals surface area contributed by atoms with Crippen molar-refractivity contribution >= 4 is 29.8 Å². The van der Waals surface area contributed by atoms with E-state index in [4.69, 9.17) is 28.4 Å². The molecule has 0 spiro atoms. The van der Waals surface area contributed by atoms with Crippen molar-refractivity contribution in [2.75, 3.05) is 52.9 Å². The van der Waals surface area contributed by atoms with Crippen LogP contribution in [0, 0.1) is 10.8 Å². The first-order valence-electron chi connectivity index (χ1n) is 15.4. The molecule has 0 aliphatic rings. The molecule has 0 saturated carbocycles. The van der Waals surface area contributed by atoms with Gasteiger partial charge in [-0.15, -0.1) is 0 Å². The van der Waals surface area contributed by atoms with Crippen molar-refractivity contribution in [2.45, 2.75) is 43.7 Å². The summed E-state index contributed by atoms with van der Waals surface area (Å²) in [6, 6.07) is 0. The molecule has 0 saturated heterocycles. The Labute approximate surface area is 317 Å². The van der Waals surface area contributed by atoms with E-state index >= 15 is 8.78 Å². The summed E-state index contributed by atoms with van der Waals surface area (Å²) in [5.74, 6) is -9.64. The van der Waals surface area contributed by atoms with Gasteiger partial charge in [-0.2, -0.15) is 39.5 Å². The van der Waals surface area contributed by atoms with E-state index in [1.165, 1.54) is 0 Å². The lowest BCUT2D eigenvalue weighted by atomic mass is 9.82. The molecule has 0 aromatic carbocycles. The SMILES string of the molecule is C=CC(=O)OCC(COCC(COC(=O)C=C)(COC(=O)C=C)COC(=C(C(C)(F)C(F)(F)F)C(C)(F)C(F)(F)F)C(F)(F)F)(COC(=O)C=C)COC(=O)C=C. The van der Waals surface area contributed by atoms with Gasteiger partial charge in [0.25, 0.3) is 0 Å². The smallest absolute Gasteiger partial charge is 0.449 e. The van der Waals surface area contributed by atoms with E-state index < -0.39 is 149 Å². The minimum atomic E-state index is -6.64. The molecule has 12 nitrogen and oxygen atoms in total. The number of esters is 5. The van der Waals surface area contributed by atoms with Gasteiger partial charge in [-0.3, -0.25) is 0 Å². The minimum absolute atomic E-state index is 0.470. The van der Waals surface area contributed by atoms with E-state index in [1.54, 1.807) is 0 Å². The zero-order valence-corrected chi connectivity index (χ0v) is 30.1. The molecule has 322 valence electrons. The molecule has 0 rings (SSSR count). The highest BCUT2D eigenvalue weighted by Crippen LogP contribution is 2.53. The molecule has 2 unspecified atom stereocenters. The van der Waals surface area contributed by atoms with Crippen molar-refractivity contribution in [2.24, 2.45) is 10.8 Å². The van der Waals surface area contributed by atoms with Crippen LogP contribution >= 0.6 is 0 Å². The van der Waals surface area contributed by atoms with Crippen molar-refractivity contribution in [3.05, 3.63) is 74.6 Å². The zero-order valence-electron chi connectivity index (χ0n) is 30.1. The van der Waals surface area contributed by atoms with Crippen molar-refractivity contribution in [1.29, 1.82) is 0 Å². The summed E-state index contributed by atoms with van der Waals surface area (Å²) in [7, 11) is 0. The quantitative estimate of drug-likeness (QED) is 0.0367. The third-order valence-corrected chi connectivity index (χ3v) is 7.26. The van der Waals surface area contributed by atoms with Gasteiger partial charge in [-0.1, -0.05) is 32.9 Å². The van der Waals surface area contributed by atoms with Crippen LogP contribution in [-0.2, 0) is 57.1 Å². The van der Waals surface area contributed by atoms with Crippen molar-refractivity contribution in [3.8, 4) is 0 Å². The molecule has 23 heteroatoms. The second-order valence-corrected chi connectivity index (χ2v) is 12.0. The zero-order chi connectivity index (χ0) is 44.7. The van der Waals surface area contributed by atoms with Gasteiger partial charge in [0.15, 0.2) is 0 Å². The van der Waals surface area contributed by atoms with Crippen LogP contribution in [-0.4, -0.2) is 113 Å². The second-order valence-electron chi connectivity index (χ2n) is 12.0. The predicted molar refractivity (Wildman–Crippen MR) is 172 cm³/mol. The maximum atomic E-state index is 15.3. The fraction of sp³-hybridized carbons (Fsp3) is 0.500. The molecule has 57 heavy (non-hydrogen) atoms. The summed E-state index contributed by atoms with van der Waals surface area (Å²) in [5.41, 5.74) is -19.8. The highest BCUT2D eigenvalue weighted by Gasteiger charge is 2.70. The summed E-state index contributed by atoms with van der Waals surface area (Å²) in [6.07, 6.45) is -16.9. The summed E-state index contributed by atoms with van der Waals surface area (Å²) in [4.78, 5) is 59.9. The molecule has 2 atom stereocenters. The number of allylic oxidation sites excluding steroid dienone is 2. The van der Waals surface area contributed by atoms with Crippen LogP contribution in [0.5, 0.6) is 0 Å². The highest BCUT2D eigenvalue weighted by atomic mass is 19.4. The Hall–Kier alpha value is -5.22. The maximum Gasteiger partial charge on any atom is 0.449 e. The normalized spacial score (nSPS) is 14.3. The molecule has 0 aromatic rings. The summed E-state index contributed by atoms with van der Waals surface area (Å²) >= 11 is 0. The first-order valence-corrected chi connectivity index (χ1v) is 15.4. The first kappa shape index (κ1) is 51.8. The van der Waals surface area contributed by atoms with Crippen LogP contribution < -0.4 is 0 Å². The Morgan fingerprint density at radius 3 is 0.842 bits per heavy atom. The van der Waals surface area contributed by atoms with E-state index in [2.05, 4.69) is 37.6 Å². The van der Waals surface area contributed by atoms with Crippen LogP contribution in [0.3, 0.4) is 0 Å². The van der Waals surface area contributed by atoms with Gasteiger partial charge < -0.3 is 33.2 Å². The van der Waals surface area contributed by atoms with Crippen LogP contribution in [0.4, 0.5) is 48.3 Å². The van der Waals surface area contributed by atoms with Gasteiger partial charge in [-0.25, -0.2) is 32.8 Å². The molecule has 0 N–H and O–H groups in total. The van der Waals surface area contributed by atoms with Gasteiger partial charge in [0.1, 0.15) is 39.6 Å². The number of halogens is 11. The predicted octanol–water partition coefficient (Wildman–Crippen LogP) is 6.04. The highest BCUT2D eigenvalue weighted by molar-refractivity contribution is 5.82. The summed E-state index contributed by atoms with van der Waals surface area (Å²) in [6.45, 7) is 4.29. The monoisotopic (exact) mass is 846 g/mol. The van der Waals surface area contributed by atoms with Crippen molar-refractivity contribution in [1.82, 2.24) is 0 Å². The third kappa shape index (κ3) is 15.3. The Bertz CT molecular complexity index is 1430. The number of carbonyl (C=O) groups is 5. The van der Waals surface area contributed by atoms with Crippen LogP contribution in [0.15, 0.2) is 74.6 Å². The number of ether oxygens (including phenoxy) is 7. The lowest BCUT2D eigenvalue weighted by Crippen LogP contribution is -2.54. The summed E-state index contributed by atoms with van der Waals surface area (Å²) < 4.78 is 191. The first-order chi connectivity index (χ1) is 25.9. The molecular weight excluding hydrogens is 809 g/mol. The molecule has 0 fully saturated rings. The molecule has 0 aromatic heterocycles. The van der Waals surface area contributed by atoms with Gasteiger partial charge in [0, 0.05) is 30.4 Å². The van der Waals surface area contributed by atoms with E-state index in [-0.39, 0.29) is 0 Å². The fourth-order valence-corrected chi connectivity index (χ4v) is 4.07. The Morgan fingerprint density at radius 1 is 0.421 bits per heavy atom. The van der Waals surface area contributed by atoms with E-state index in [9.17, 15) is 63.5 Å². The second kappa shape index (κ2) is 20.8. The number of hydrogen-bond donors (Lipinski definition) is 0. The van der Waals surface area contributed by atoms with Gasteiger partial charge in [0.05, 0.1) is 29.6 Å². The number of alkyl halides is 11. The lowest BCUT2D eigenvalue weighted by molar-refractivity contribution is -0.249. The Balaban J connectivity index is 7.79. The average molecular weight is 847 g/mol. The van der Waals surface area contributed by atoms with E-state index in [0.717, 1.165) is 0 Å². The molecule has 0 aliphatic heterocycles. The van der Waals surface area contributed by atoms with Crippen LogP contribution in [0.2, 0.25) is 0 Å². The van der Waals surface area contributed by atoms with Crippen molar-refractivity contribution in [3.63, 3.8) is 0 Å². The molecule has 0 amide bonds. The van der Waals surface area contributed by atoms with E-state index in [1.807, 2.05) is 0 Å². The average Bonchev–Trinajstić information content (AvgIpc) is 3.12. The third-order valence-electron chi connectivity index (χ3n) is 7.26. The van der Waals surface area contributed by atoms with Crippen LogP contribution in [0.25, 0.3) is 0 Å². The molecule has 0 aliphatic carbocycles. The number of carbonyl (C=O) groups excluding carboxylic acids is 5. The standard InChI is InChI=1S/C34H37F11O12/c1-8-21(46)52-15-30(16-53-22(47)9-2,17-54-23(48)10-3)13-51-14-31(18-55-24(49)11-4,19-56-25(50)12-5)20-57-27(32(37,38)39)26(28(6,35)33(40,41)42)29(7,36)34(43,44)45/h8-12H,1-5,13-20H2,6-7H3. The molecule has 0 bridgehead atoms. The molecule has 0 heterocycles. The van der Waals surface area contributed by atoms with E-state index in [0.29, 0.717) is 30.4 Å². The fourth-order valence-electron chi connectivity index (χ4n) is 4.07. The Morgan fingerprint density at radius 2 is 0.649 bits per heavy atom. The van der Waals surface area contributed by atoms with Crippen molar-refractivity contribution < 1.29 is 105 Å².